The minimum absolute atomic E-state index is 0.0126. The van der Waals surface area contributed by atoms with E-state index in [9.17, 15) is 22.4 Å². The highest BCUT2D eigenvalue weighted by atomic mass is 19.4. The monoisotopic (exact) mass is 310 g/mol. The lowest BCUT2D eigenvalue weighted by atomic mass is 9.99. The van der Waals surface area contributed by atoms with E-state index in [0.29, 0.717) is 0 Å². The molecule has 2 nitrogen and oxygen atoms in total. The Morgan fingerprint density at radius 1 is 1.09 bits per heavy atom. The second-order valence-electron chi connectivity index (χ2n) is 4.49. The van der Waals surface area contributed by atoms with Gasteiger partial charge in [-0.05, 0) is 41.5 Å². The fourth-order valence-electron chi connectivity index (χ4n) is 1.93. The van der Waals surface area contributed by atoms with Gasteiger partial charge in [0, 0.05) is 11.6 Å². The summed E-state index contributed by atoms with van der Waals surface area (Å²) in [6.07, 6.45) is -2.87. The molecule has 0 radical (unpaired) electrons. The van der Waals surface area contributed by atoms with Crippen LogP contribution in [-0.4, -0.2) is 11.1 Å². The predicted octanol–water partition coefficient (Wildman–Crippen LogP) is 4.61. The summed E-state index contributed by atoms with van der Waals surface area (Å²) in [7, 11) is 0. The standard InChI is InChI=1S/C16H10F4O2/c17-14-4-2-1-3-13(14)11-7-10(5-6-15(21)22)8-12(9-11)16(18,19)20/h1-9H,(H,21,22). The number of alkyl halides is 3. The number of benzene rings is 2. The van der Waals surface area contributed by atoms with E-state index in [1.807, 2.05) is 0 Å². The molecule has 0 atom stereocenters. The van der Waals surface area contributed by atoms with Crippen LogP contribution in [0.5, 0.6) is 0 Å². The fourth-order valence-corrected chi connectivity index (χ4v) is 1.93. The van der Waals surface area contributed by atoms with E-state index in [1.54, 1.807) is 0 Å². The van der Waals surface area contributed by atoms with Crippen LogP contribution < -0.4 is 0 Å². The van der Waals surface area contributed by atoms with Crippen molar-refractivity contribution in [2.45, 2.75) is 6.18 Å². The number of aliphatic carboxylic acids is 1. The molecule has 0 aliphatic heterocycles. The Bertz CT molecular complexity index is 733. The van der Waals surface area contributed by atoms with Crippen LogP contribution in [0.3, 0.4) is 0 Å². The molecule has 114 valence electrons. The van der Waals surface area contributed by atoms with Crippen LogP contribution in [0.1, 0.15) is 11.1 Å². The molecule has 0 amide bonds. The lowest BCUT2D eigenvalue weighted by Gasteiger charge is -2.11. The van der Waals surface area contributed by atoms with Crippen molar-refractivity contribution in [2.75, 3.05) is 0 Å². The van der Waals surface area contributed by atoms with Crippen LogP contribution in [0.2, 0.25) is 0 Å². The molecular formula is C16H10F4O2. The zero-order valence-corrected chi connectivity index (χ0v) is 11.1. The molecule has 0 heterocycles. The number of carboxylic acid groups (broad SMARTS) is 1. The normalized spacial score (nSPS) is 11.8. The molecule has 0 aliphatic carbocycles. The first-order chi connectivity index (χ1) is 10.3. The summed E-state index contributed by atoms with van der Waals surface area (Å²) in [5.74, 6) is -1.94. The number of hydrogen-bond acceptors (Lipinski definition) is 1. The first kappa shape index (κ1) is 15.8. The van der Waals surface area contributed by atoms with Crippen molar-refractivity contribution < 1.29 is 27.5 Å². The van der Waals surface area contributed by atoms with Gasteiger partial charge in [-0.3, -0.25) is 0 Å². The summed E-state index contributed by atoms with van der Waals surface area (Å²) in [6, 6.07) is 8.37. The minimum atomic E-state index is -4.62. The third-order valence-electron chi connectivity index (χ3n) is 2.89. The second-order valence-corrected chi connectivity index (χ2v) is 4.49. The van der Waals surface area contributed by atoms with Crippen molar-refractivity contribution in [2.24, 2.45) is 0 Å². The van der Waals surface area contributed by atoms with Crippen molar-refractivity contribution in [3.63, 3.8) is 0 Å². The lowest BCUT2D eigenvalue weighted by molar-refractivity contribution is -0.137. The first-order valence-corrected chi connectivity index (χ1v) is 6.15. The minimum Gasteiger partial charge on any atom is -0.478 e. The van der Waals surface area contributed by atoms with Gasteiger partial charge < -0.3 is 5.11 Å². The Hall–Kier alpha value is -2.63. The lowest BCUT2D eigenvalue weighted by Crippen LogP contribution is -2.05. The van der Waals surface area contributed by atoms with Crippen LogP contribution >= 0.6 is 0 Å². The van der Waals surface area contributed by atoms with E-state index in [0.717, 1.165) is 30.4 Å². The topological polar surface area (TPSA) is 37.3 Å². The van der Waals surface area contributed by atoms with E-state index >= 15 is 0 Å². The average Bonchev–Trinajstić information content (AvgIpc) is 2.44. The zero-order chi connectivity index (χ0) is 16.3. The Morgan fingerprint density at radius 3 is 2.36 bits per heavy atom. The molecule has 0 saturated carbocycles. The van der Waals surface area contributed by atoms with Gasteiger partial charge in [0.05, 0.1) is 5.56 Å². The molecule has 22 heavy (non-hydrogen) atoms. The van der Waals surface area contributed by atoms with E-state index in [4.69, 9.17) is 5.11 Å². The first-order valence-electron chi connectivity index (χ1n) is 6.15. The molecule has 2 rings (SSSR count). The van der Waals surface area contributed by atoms with E-state index in [1.165, 1.54) is 24.3 Å². The van der Waals surface area contributed by atoms with Crippen molar-refractivity contribution in [1.29, 1.82) is 0 Å². The third kappa shape index (κ3) is 3.72. The summed E-state index contributed by atoms with van der Waals surface area (Å²) >= 11 is 0. The van der Waals surface area contributed by atoms with Gasteiger partial charge in [-0.15, -0.1) is 0 Å². The maximum absolute atomic E-state index is 13.8. The molecule has 1 N–H and O–H groups in total. The third-order valence-corrected chi connectivity index (χ3v) is 2.89. The van der Waals surface area contributed by atoms with Crippen LogP contribution in [0.15, 0.2) is 48.5 Å². The molecule has 0 bridgehead atoms. The van der Waals surface area contributed by atoms with Gasteiger partial charge >= 0.3 is 12.1 Å². The second kappa shape index (κ2) is 6.01. The highest BCUT2D eigenvalue weighted by Crippen LogP contribution is 2.34. The molecular weight excluding hydrogens is 300 g/mol. The maximum atomic E-state index is 13.8. The molecule has 0 unspecified atom stereocenters. The highest BCUT2D eigenvalue weighted by molar-refractivity contribution is 5.85. The van der Waals surface area contributed by atoms with E-state index in [2.05, 4.69) is 0 Å². The number of halogens is 4. The fraction of sp³-hybridized carbons (Fsp3) is 0.0625. The summed E-state index contributed by atoms with van der Waals surface area (Å²) in [6.45, 7) is 0. The largest absolute Gasteiger partial charge is 0.478 e. The van der Waals surface area contributed by atoms with E-state index in [-0.39, 0.29) is 16.7 Å². The van der Waals surface area contributed by atoms with Gasteiger partial charge in [-0.2, -0.15) is 13.2 Å². The molecule has 0 spiro atoms. The number of hydrogen-bond donors (Lipinski definition) is 1. The van der Waals surface area contributed by atoms with Gasteiger partial charge in [0.1, 0.15) is 5.82 Å². The predicted molar refractivity (Wildman–Crippen MR) is 73.5 cm³/mol. The summed E-state index contributed by atoms with van der Waals surface area (Å²) in [4.78, 5) is 10.5. The average molecular weight is 310 g/mol. The van der Waals surface area contributed by atoms with Crippen LogP contribution in [0.25, 0.3) is 17.2 Å². The van der Waals surface area contributed by atoms with Crippen molar-refractivity contribution in [1.82, 2.24) is 0 Å². The van der Waals surface area contributed by atoms with Crippen LogP contribution in [-0.2, 0) is 11.0 Å². The Labute approximate surface area is 123 Å². The number of carbonyl (C=O) groups is 1. The van der Waals surface area contributed by atoms with Crippen molar-refractivity contribution >= 4 is 12.0 Å². The van der Waals surface area contributed by atoms with Crippen LogP contribution in [0, 0.1) is 5.82 Å². The zero-order valence-electron chi connectivity index (χ0n) is 11.1. The van der Waals surface area contributed by atoms with Crippen LogP contribution in [0.4, 0.5) is 17.6 Å². The highest BCUT2D eigenvalue weighted by Gasteiger charge is 2.31. The SMILES string of the molecule is O=C(O)C=Cc1cc(-c2ccccc2F)cc(C(F)(F)F)c1. The Kier molecular flexibility index (Phi) is 4.30. The van der Waals surface area contributed by atoms with Gasteiger partial charge in [-0.25, -0.2) is 9.18 Å². The molecule has 2 aromatic carbocycles. The summed E-state index contributed by atoms with van der Waals surface area (Å²) < 4.78 is 52.5. The van der Waals surface area contributed by atoms with Gasteiger partial charge in [0.15, 0.2) is 0 Å². The van der Waals surface area contributed by atoms with Gasteiger partial charge in [0.2, 0.25) is 0 Å². The van der Waals surface area contributed by atoms with Gasteiger partial charge in [0.25, 0.3) is 0 Å². The smallest absolute Gasteiger partial charge is 0.416 e. The van der Waals surface area contributed by atoms with E-state index < -0.39 is 23.5 Å². The van der Waals surface area contributed by atoms with Crippen molar-refractivity contribution in [3.8, 4) is 11.1 Å². The Balaban J connectivity index is 2.61. The molecule has 0 aliphatic rings. The molecule has 0 fully saturated rings. The number of carboxylic acids is 1. The summed E-state index contributed by atoms with van der Waals surface area (Å²) in [5.41, 5.74) is -0.912. The Morgan fingerprint density at radius 2 is 1.77 bits per heavy atom. The van der Waals surface area contributed by atoms with Gasteiger partial charge in [-0.1, -0.05) is 18.2 Å². The molecule has 6 heteroatoms. The number of rotatable bonds is 3. The molecule has 0 saturated heterocycles. The maximum Gasteiger partial charge on any atom is 0.416 e. The van der Waals surface area contributed by atoms with Crippen molar-refractivity contribution in [3.05, 3.63) is 65.5 Å². The summed E-state index contributed by atoms with van der Waals surface area (Å²) in [5, 5.41) is 8.57. The molecule has 0 aromatic heterocycles. The molecule has 2 aromatic rings. The quantitative estimate of drug-likeness (QED) is 0.664.